The monoisotopic (exact) mass is 401 g/mol. The molecule has 0 aliphatic carbocycles. The molecule has 0 fully saturated rings. The molecule has 1 heterocycles. The van der Waals surface area contributed by atoms with Gasteiger partial charge in [-0.15, -0.1) is 0 Å². The number of hydrogen-bond acceptors (Lipinski definition) is 3. The molecule has 29 heavy (non-hydrogen) atoms. The van der Waals surface area contributed by atoms with Gasteiger partial charge in [-0.05, 0) is 29.3 Å². The highest BCUT2D eigenvalue weighted by atomic mass is 31.2. The van der Waals surface area contributed by atoms with Crippen LogP contribution in [0, 0.1) is 4.91 Å². The molecular formula is C24H22N2O2P+. The molecule has 1 atom stereocenters. The fraction of sp³-hybridized carbons (Fsp3) is 0.0833. The van der Waals surface area contributed by atoms with Crippen LogP contribution in [0.15, 0.2) is 115 Å². The molecule has 4 rings (SSSR count). The van der Waals surface area contributed by atoms with Gasteiger partial charge >= 0.3 is 8.45 Å². The highest BCUT2D eigenvalue weighted by Gasteiger charge is 2.38. The molecule has 3 aromatic rings. The van der Waals surface area contributed by atoms with Gasteiger partial charge in [-0.1, -0.05) is 78.9 Å². The zero-order valence-corrected chi connectivity index (χ0v) is 16.8. The number of nitrogens with one attached hydrogen (secondary N) is 1. The van der Waals surface area contributed by atoms with Crippen molar-refractivity contribution in [1.82, 2.24) is 5.09 Å². The van der Waals surface area contributed by atoms with Crippen molar-refractivity contribution >= 4 is 8.45 Å². The van der Waals surface area contributed by atoms with Crippen LogP contribution < -0.4 is 9.61 Å². The first-order chi connectivity index (χ1) is 14.3. The van der Waals surface area contributed by atoms with E-state index in [1.165, 1.54) is 5.56 Å². The van der Waals surface area contributed by atoms with Gasteiger partial charge in [-0.3, -0.25) is 5.09 Å². The summed E-state index contributed by atoms with van der Waals surface area (Å²) < 4.78 is 7.06. The van der Waals surface area contributed by atoms with E-state index in [1.54, 1.807) is 0 Å². The zero-order chi connectivity index (χ0) is 19.9. The molecule has 1 N–H and O–H groups in total. The van der Waals surface area contributed by atoms with Crippen molar-refractivity contribution < 1.29 is 9.05 Å². The topological polar surface area (TPSA) is 41.3 Å². The third-order valence-electron chi connectivity index (χ3n) is 4.53. The van der Waals surface area contributed by atoms with Gasteiger partial charge in [0.25, 0.3) is 0 Å². The lowest BCUT2D eigenvalue weighted by atomic mass is 10.1. The fourth-order valence-electron chi connectivity index (χ4n) is 3.07. The standard InChI is InChI=1S/C24H22N2O2P/c27-26-23(19-21-12-6-2-7-13-21)17-16-22(18-20-10-4-1-5-11-20)25-29(26)28-24-14-8-3-9-15-24/h1-17,25H,18-19H2/q+1. The second kappa shape index (κ2) is 9.31. The summed E-state index contributed by atoms with van der Waals surface area (Å²) in [6.07, 6.45) is 5.16. The SMILES string of the molecule is O=[N+]1C(Cc2ccccc2)=CC=C(Cc2ccccc2)NP1Oc1ccccc1. The second-order valence-corrected chi connectivity index (χ2v) is 8.05. The Morgan fingerprint density at radius 1 is 0.724 bits per heavy atom. The molecule has 3 aromatic carbocycles. The van der Waals surface area contributed by atoms with Gasteiger partial charge in [0.05, 0.1) is 6.42 Å². The highest BCUT2D eigenvalue weighted by molar-refractivity contribution is 7.44. The summed E-state index contributed by atoms with van der Waals surface area (Å²) in [5.74, 6) is 0.673. The van der Waals surface area contributed by atoms with Crippen molar-refractivity contribution in [2.75, 3.05) is 0 Å². The summed E-state index contributed by atoms with van der Waals surface area (Å²) in [6, 6.07) is 29.7. The van der Waals surface area contributed by atoms with E-state index >= 15 is 0 Å². The Hall–Kier alpha value is -3.23. The third kappa shape index (κ3) is 5.18. The van der Waals surface area contributed by atoms with Crippen LogP contribution in [0.4, 0.5) is 0 Å². The summed E-state index contributed by atoms with van der Waals surface area (Å²) in [5.41, 5.74) is 3.91. The van der Waals surface area contributed by atoms with Gasteiger partial charge < -0.3 is 4.52 Å². The van der Waals surface area contributed by atoms with E-state index in [0.29, 0.717) is 24.3 Å². The summed E-state index contributed by atoms with van der Waals surface area (Å²) in [7, 11) is -1.62. The predicted molar refractivity (Wildman–Crippen MR) is 117 cm³/mol. The average molecular weight is 401 g/mol. The first-order valence-electron chi connectivity index (χ1n) is 9.52. The highest BCUT2D eigenvalue weighted by Crippen LogP contribution is 2.40. The van der Waals surface area contributed by atoms with E-state index in [1.807, 2.05) is 91.0 Å². The molecular weight excluding hydrogens is 379 g/mol. The largest absolute Gasteiger partial charge is 0.571 e. The van der Waals surface area contributed by atoms with E-state index in [-0.39, 0.29) is 0 Å². The maximum Gasteiger partial charge on any atom is 0.571 e. The molecule has 0 spiro atoms. The minimum atomic E-state index is -1.62. The van der Waals surface area contributed by atoms with E-state index < -0.39 is 8.45 Å². The Labute approximate surface area is 172 Å². The first-order valence-corrected chi connectivity index (χ1v) is 10.7. The quantitative estimate of drug-likeness (QED) is 0.521. The number of allylic oxidation sites excluding steroid dienone is 4. The molecule has 144 valence electrons. The summed E-state index contributed by atoms with van der Waals surface area (Å²) in [5, 5.41) is 3.34. The minimum absolute atomic E-state index is 0.554. The molecule has 0 aromatic heterocycles. The van der Waals surface area contributed by atoms with Crippen molar-refractivity contribution in [3.05, 3.63) is 131 Å². The molecule has 0 saturated heterocycles. The molecule has 0 radical (unpaired) electrons. The van der Waals surface area contributed by atoms with Crippen LogP contribution in [0.5, 0.6) is 5.75 Å². The van der Waals surface area contributed by atoms with Crippen LogP contribution in [0.1, 0.15) is 11.1 Å². The van der Waals surface area contributed by atoms with Crippen LogP contribution in [-0.4, -0.2) is 4.53 Å². The number of hydrogen-bond donors (Lipinski definition) is 1. The zero-order valence-electron chi connectivity index (χ0n) is 15.9. The maximum absolute atomic E-state index is 13.2. The van der Waals surface area contributed by atoms with E-state index in [4.69, 9.17) is 4.52 Å². The lowest BCUT2D eigenvalue weighted by molar-refractivity contribution is -0.341. The Morgan fingerprint density at radius 3 is 1.90 bits per heavy atom. The van der Waals surface area contributed by atoms with Crippen molar-refractivity contribution in [1.29, 1.82) is 0 Å². The predicted octanol–water partition coefficient (Wildman–Crippen LogP) is 5.93. The fourth-order valence-corrected chi connectivity index (χ4v) is 4.37. The van der Waals surface area contributed by atoms with Crippen molar-refractivity contribution in [3.63, 3.8) is 0 Å². The summed E-state index contributed by atoms with van der Waals surface area (Å²) >= 11 is 0. The Balaban J connectivity index is 1.61. The van der Waals surface area contributed by atoms with Crippen molar-refractivity contribution in [3.8, 4) is 5.75 Å². The summed E-state index contributed by atoms with van der Waals surface area (Å²) in [4.78, 5) is 13.2. The van der Waals surface area contributed by atoms with Gasteiger partial charge in [0.2, 0.25) is 5.70 Å². The molecule has 0 bridgehead atoms. The van der Waals surface area contributed by atoms with Gasteiger partial charge in [-0.2, -0.15) is 0 Å². The van der Waals surface area contributed by atoms with Gasteiger partial charge in [0, 0.05) is 23.1 Å². The Kier molecular flexibility index (Phi) is 6.13. The van der Waals surface area contributed by atoms with Crippen LogP contribution >= 0.6 is 8.45 Å². The molecule has 4 nitrogen and oxygen atoms in total. The van der Waals surface area contributed by atoms with E-state index in [9.17, 15) is 4.91 Å². The molecule has 1 unspecified atom stereocenters. The normalized spacial score (nSPS) is 16.3. The molecule has 5 heteroatoms. The summed E-state index contributed by atoms with van der Waals surface area (Å²) in [6.45, 7) is 0. The number of nitrogens with zero attached hydrogens (tertiary/aromatic N) is 1. The Morgan fingerprint density at radius 2 is 1.28 bits per heavy atom. The van der Waals surface area contributed by atoms with E-state index in [2.05, 4.69) is 17.2 Å². The third-order valence-corrected chi connectivity index (χ3v) is 5.98. The Bertz CT molecular complexity index is 1020. The smallest absolute Gasteiger partial charge is 0.399 e. The first kappa shape index (κ1) is 19.1. The number of rotatable bonds is 6. The average Bonchev–Trinajstić information content (AvgIpc) is 2.90. The maximum atomic E-state index is 13.2. The number of para-hydroxylation sites is 1. The lowest BCUT2D eigenvalue weighted by Gasteiger charge is -2.12. The minimum Gasteiger partial charge on any atom is -0.399 e. The van der Waals surface area contributed by atoms with Gasteiger partial charge in [-0.25, -0.2) is 0 Å². The molecule has 0 amide bonds. The van der Waals surface area contributed by atoms with Crippen LogP contribution in [0.25, 0.3) is 0 Å². The van der Waals surface area contributed by atoms with Gasteiger partial charge in [0.15, 0.2) is 0 Å². The second-order valence-electron chi connectivity index (χ2n) is 6.74. The van der Waals surface area contributed by atoms with Crippen LogP contribution in [-0.2, 0) is 12.8 Å². The van der Waals surface area contributed by atoms with Crippen LogP contribution in [0.3, 0.4) is 0 Å². The van der Waals surface area contributed by atoms with Crippen molar-refractivity contribution in [2.45, 2.75) is 12.8 Å². The molecule has 1 aliphatic rings. The number of nitroso groups, excluding NO2 is 1. The molecule has 1 aliphatic heterocycles. The van der Waals surface area contributed by atoms with Crippen LogP contribution in [0.2, 0.25) is 0 Å². The van der Waals surface area contributed by atoms with Crippen molar-refractivity contribution in [2.24, 2.45) is 0 Å². The lowest BCUT2D eigenvalue weighted by Crippen LogP contribution is -2.18. The van der Waals surface area contributed by atoms with E-state index in [0.717, 1.165) is 15.8 Å². The number of benzene rings is 3. The van der Waals surface area contributed by atoms with Gasteiger partial charge in [0.1, 0.15) is 10.3 Å². The molecule has 0 saturated carbocycles.